The summed E-state index contributed by atoms with van der Waals surface area (Å²) >= 11 is 5.57. The van der Waals surface area contributed by atoms with E-state index in [1.54, 1.807) is 19.2 Å². The summed E-state index contributed by atoms with van der Waals surface area (Å²) in [6.45, 7) is 4.88. The van der Waals surface area contributed by atoms with Gasteiger partial charge in [-0.15, -0.1) is 0 Å². The van der Waals surface area contributed by atoms with Crippen molar-refractivity contribution in [1.29, 1.82) is 0 Å². The van der Waals surface area contributed by atoms with Crippen molar-refractivity contribution < 1.29 is 19.2 Å². The molecule has 2 fully saturated rings. The summed E-state index contributed by atoms with van der Waals surface area (Å²) in [6, 6.07) is 16.7. The zero-order valence-corrected chi connectivity index (χ0v) is 21.9. The molecule has 2 aliphatic rings. The minimum atomic E-state index is -0.335. The van der Waals surface area contributed by atoms with Crippen LogP contribution in [0.3, 0.4) is 0 Å². The van der Waals surface area contributed by atoms with Gasteiger partial charge in [-0.25, -0.2) is 0 Å². The molecule has 0 saturated carbocycles. The Bertz CT molecular complexity index is 1370. The topological polar surface area (TPSA) is 100 Å². The maximum absolute atomic E-state index is 13.1. The molecule has 0 aliphatic carbocycles. The van der Waals surface area contributed by atoms with E-state index in [0.29, 0.717) is 74.6 Å². The minimum Gasteiger partial charge on any atom is -0.496 e. The number of fused-ring (bicyclic) bond motifs is 1. The van der Waals surface area contributed by atoms with Crippen LogP contribution in [0.1, 0.15) is 10.4 Å². The van der Waals surface area contributed by atoms with Crippen LogP contribution in [0.4, 0.5) is 17.1 Å². The molecule has 2 aliphatic heterocycles. The van der Waals surface area contributed by atoms with Crippen LogP contribution < -0.4 is 19.9 Å². The average Bonchev–Trinajstić information content (AvgIpc) is 2.96. The molecule has 0 atom stereocenters. The number of methoxy groups -OCH3 is 1. The first-order valence-electron chi connectivity index (χ1n) is 12.5. The van der Waals surface area contributed by atoms with Crippen molar-refractivity contribution in [2.24, 2.45) is 0 Å². The maximum atomic E-state index is 13.1. The zero-order valence-electron chi connectivity index (χ0n) is 21.1. The first-order valence-corrected chi connectivity index (χ1v) is 12.9. The third-order valence-electron chi connectivity index (χ3n) is 6.97. The number of benzene rings is 3. The Labute approximate surface area is 225 Å². The molecule has 198 valence electrons. The van der Waals surface area contributed by atoms with Gasteiger partial charge in [-0.1, -0.05) is 24.3 Å². The molecule has 0 bridgehead atoms. The van der Waals surface area contributed by atoms with Crippen LogP contribution in [0.2, 0.25) is 0 Å². The van der Waals surface area contributed by atoms with Gasteiger partial charge in [0, 0.05) is 51.0 Å². The number of anilines is 2. The highest BCUT2D eigenvalue weighted by Gasteiger charge is 2.26. The van der Waals surface area contributed by atoms with Crippen molar-refractivity contribution in [3.63, 3.8) is 0 Å². The van der Waals surface area contributed by atoms with Gasteiger partial charge in [0.05, 0.1) is 30.8 Å². The smallest absolute Gasteiger partial charge is 0.292 e. The number of nitro groups is 1. The summed E-state index contributed by atoms with van der Waals surface area (Å²) in [5.41, 5.74) is 2.06. The Morgan fingerprint density at radius 3 is 2.32 bits per heavy atom. The number of nitro benzene ring substituents is 1. The lowest BCUT2D eigenvalue weighted by atomic mass is 10.1. The lowest BCUT2D eigenvalue weighted by Crippen LogP contribution is -2.52. The van der Waals surface area contributed by atoms with Gasteiger partial charge in [-0.05, 0) is 47.3 Å². The molecule has 2 saturated heterocycles. The maximum Gasteiger partial charge on any atom is 0.292 e. The van der Waals surface area contributed by atoms with Crippen molar-refractivity contribution in [1.82, 2.24) is 10.2 Å². The fraction of sp³-hybridized carbons (Fsp3) is 0.333. The number of nitrogens with one attached hydrogen (secondary N) is 1. The van der Waals surface area contributed by atoms with Crippen molar-refractivity contribution in [3.8, 4) is 5.75 Å². The Morgan fingerprint density at radius 2 is 1.66 bits per heavy atom. The van der Waals surface area contributed by atoms with Crippen LogP contribution in [-0.2, 0) is 4.74 Å². The van der Waals surface area contributed by atoms with Crippen LogP contribution in [0.5, 0.6) is 5.75 Å². The number of hydrogen-bond acceptors (Lipinski definition) is 8. The molecule has 1 amide bonds. The highest BCUT2D eigenvalue weighted by Crippen LogP contribution is 2.33. The van der Waals surface area contributed by atoms with Crippen LogP contribution in [-0.4, -0.2) is 80.4 Å². The van der Waals surface area contributed by atoms with E-state index in [-0.39, 0.29) is 16.5 Å². The number of nitrogens with zero attached hydrogens (tertiary/aromatic N) is 4. The lowest BCUT2D eigenvalue weighted by Gasteiger charge is -2.37. The SMILES string of the molecule is COc1cc2ccccc2cc1C(=O)NC(=S)N1CCN(c2ccc([N+](=O)[O-])c(N3CCOCC3)c2)CC1. The zero-order chi connectivity index (χ0) is 26.6. The normalized spacial score (nSPS) is 15.9. The Hall–Kier alpha value is -3.96. The van der Waals surface area contributed by atoms with Crippen LogP contribution >= 0.6 is 12.2 Å². The monoisotopic (exact) mass is 535 g/mol. The summed E-state index contributed by atoms with van der Waals surface area (Å²) in [6.07, 6.45) is 0. The molecule has 3 aromatic carbocycles. The summed E-state index contributed by atoms with van der Waals surface area (Å²) in [5.74, 6) is 0.175. The molecule has 2 heterocycles. The van der Waals surface area contributed by atoms with E-state index in [1.165, 1.54) is 0 Å². The average molecular weight is 536 g/mol. The number of thiocarbonyl (C=S) groups is 1. The summed E-state index contributed by atoms with van der Waals surface area (Å²) in [5, 5.41) is 16.8. The third-order valence-corrected chi connectivity index (χ3v) is 7.33. The fourth-order valence-corrected chi connectivity index (χ4v) is 5.17. The lowest BCUT2D eigenvalue weighted by molar-refractivity contribution is -0.384. The van der Waals surface area contributed by atoms with Crippen molar-refractivity contribution in [2.45, 2.75) is 0 Å². The van der Waals surface area contributed by atoms with Crippen LogP contribution in [0.25, 0.3) is 10.8 Å². The number of carbonyl (C=O) groups is 1. The van der Waals surface area contributed by atoms with Gasteiger partial charge in [0.1, 0.15) is 11.4 Å². The fourth-order valence-electron chi connectivity index (χ4n) is 4.90. The van der Waals surface area contributed by atoms with Gasteiger partial charge in [0.2, 0.25) is 0 Å². The second-order valence-electron chi connectivity index (χ2n) is 9.16. The summed E-state index contributed by atoms with van der Waals surface area (Å²) < 4.78 is 10.9. The number of carbonyl (C=O) groups excluding carboxylic acids is 1. The number of morpholine rings is 1. The molecule has 10 nitrogen and oxygen atoms in total. The van der Waals surface area contributed by atoms with Gasteiger partial charge >= 0.3 is 0 Å². The van der Waals surface area contributed by atoms with E-state index in [9.17, 15) is 14.9 Å². The predicted octanol–water partition coefficient (Wildman–Crippen LogP) is 3.43. The molecule has 5 rings (SSSR count). The van der Waals surface area contributed by atoms with E-state index in [4.69, 9.17) is 21.7 Å². The standard InChI is InChI=1S/C27H29N5O5S/c1-36-25-17-20-5-3-2-4-19(20)16-22(25)26(33)28-27(38)31-10-8-29(9-11-31)21-6-7-23(32(34)35)24(18-21)30-12-14-37-15-13-30/h2-7,16-18H,8-15H2,1H3,(H,28,33,38). The van der Waals surface area contributed by atoms with Gasteiger partial charge < -0.3 is 24.2 Å². The van der Waals surface area contributed by atoms with E-state index >= 15 is 0 Å². The molecule has 0 aromatic heterocycles. The Morgan fingerprint density at radius 1 is 0.974 bits per heavy atom. The van der Waals surface area contributed by atoms with Gasteiger partial charge in [0.25, 0.3) is 11.6 Å². The quantitative estimate of drug-likeness (QED) is 0.299. The number of amides is 1. The number of piperazine rings is 1. The Kier molecular flexibility index (Phi) is 7.57. The first-order chi connectivity index (χ1) is 18.4. The van der Waals surface area contributed by atoms with E-state index in [0.717, 1.165) is 16.5 Å². The Balaban J connectivity index is 1.24. The second kappa shape index (κ2) is 11.2. The molecule has 1 N–H and O–H groups in total. The molecule has 0 unspecified atom stereocenters. The highest BCUT2D eigenvalue weighted by molar-refractivity contribution is 7.80. The van der Waals surface area contributed by atoms with Gasteiger partial charge in [0.15, 0.2) is 5.11 Å². The van der Waals surface area contributed by atoms with E-state index < -0.39 is 0 Å². The van der Waals surface area contributed by atoms with Gasteiger partial charge in [-0.2, -0.15) is 0 Å². The number of ether oxygens (including phenoxy) is 2. The molecular formula is C27H29N5O5S. The largest absolute Gasteiger partial charge is 0.496 e. The minimum absolute atomic E-state index is 0.0993. The highest BCUT2D eigenvalue weighted by atomic mass is 32.1. The predicted molar refractivity (Wildman–Crippen MR) is 150 cm³/mol. The number of rotatable bonds is 5. The van der Waals surface area contributed by atoms with Crippen molar-refractivity contribution in [2.75, 3.05) is 69.4 Å². The van der Waals surface area contributed by atoms with Crippen molar-refractivity contribution in [3.05, 3.63) is 70.3 Å². The second-order valence-corrected chi connectivity index (χ2v) is 9.55. The summed E-state index contributed by atoms with van der Waals surface area (Å²) in [7, 11) is 1.54. The molecule has 38 heavy (non-hydrogen) atoms. The van der Waals surface area contributed by atoms with E-state index in [2.05, 4.69) is 10.2 Å². The van der Waals surface area contributed by atoms with Crippen LogP contribution in [0.15, 0.2) is 54.6 Å². The molecular weight excluding hydrogens is 506 g/mol. The molecule has 3 aromatic rings. The third kappa shape index (κ3) is 5.34. The number of hydrogen-bond donors (Lipinski definition) is 1. The van der Waals surface area contributed by atoms with Crippen molar-refractivity contribution >= 4 is 51.1 Å². The molecule has 0 radical (unpaired) electrons. The molecule has 11 heteroatoms. The van der Waals surface area contributed by atoms with Gasteiger partial charge in [-0.3, -0.25) is 20.2 Å². The summed E-state index contributed by atoms with van der Waals surface area (Å²) in [4.78, 5) is 30.6. The van der Waals surface area contributed by atoms with Crippen LogP contribution in [0, 0.1) is 10.1 Å². The van der Waals surface area contributed by atoms with E-state index in [1.807, 2.05) is 52.3 Å². The molecule has 0 spiro atoms. The first kappa shape index (κ1) is 25.7.